The molecule has 0 aliphatic heterocycles. The van der Waals surface area contributed by atoms with Gasteiger partial charge in [-0.1, -0.05) is 49.4 Å². The first-order valence-electron chi connectivity index (χ1n) is 6.33. The van der Waals surface area contributed by atoms with E-state index in [1.807, 2.05) is 37.3 Å². The highest BCUT2D eigenvalue weighted by atomic mass is 16.5. The van der Waals surface area contributed by atoms with Crippen molar-refractivity contribution in [2.24, 2.45) is 0 Å². The summed E-state index contributed by atoms with van der Waals surface area (Å²) in [6.45, 7) is 4.23. The minimum absolute atomic E-state index is 0.0554. The van der Waals surface area contributed by atoms with E-state index >= 15 is 0 Å². The average molecular weight is 242 g/mol. The lowest BCUT2D eigenvalue weighted by molar-refractivity contribution is -0.128. The van der Waals surface area contributed by atoms with Crippen LogP contribution >= 0.6 is 0 Å². The van der Waals surface area contributed by atoms with Gasteiger partial charge in [0.1, 0.15) is 6.10 Å². The molecule has 2 rings (SSSR count). The summed E-state index contributed by atoms with van der Waals surface area (Å²) < 4.78 is 5.70. The Balaban J connectivity index is 2.46. The Hall–Kier alpha value is -1.67. The molecule has 2 heteroatoms. The Morgan fingerprint density at radius 3 is 2.61 bits per heavy atom. The summed E-state index contributed by atoms with van der Waals surface area (Å²) in [5.74, 6) is 0.0554. The molecule has 0 fully saturated rings. The third-order valence-electron chi connectivity index (χ3n) is 2.96. The van der Waals surface area contributed by atoms with Crippen LogP contribution in [0.15, 0.2) is 42.5 Å². The Labute approximate surface area is 108 Å². The van der Waals surface area contributed by atoms with Crippen molar-refractivity contribution in [3.8, 4) is 0 Å². The molecule has 0 aliphatic carbocycles. The van der Waals surface area contributed by atoms with Crippen molar-refractivity contribution in [3.63, 3.8) is 0 Å². The lowest BCUT2D eigenvalue weighted by Gasteiger charge is -2.17. The molecule has 1 atom stereocenters. The van der Waals surface area contributed by atoms with Crippen LogP contribution in [0, 0.1) is 0 Å². The number of Topliss-reactive ketones (excluding diaryl/α,β-unsaturated/α-hetero) is 1. The van der Waals surface area contributed by atoms with Gasteiger partial charge >= 0.3 is 0 Å². The topological polar surface area (TPSA) is 26.3 Å². The second-order valence-corrected chi connectivity index (χ2v) is 4.43. The van der Waals surface area contributed by atoms with Gasteiger partial charge in [-0.2, -0.15) is 0 Å². The van der Waals surface area contributed by atoms with E-state index in [1.165, 1.54) is 0 Å². The Morgan fingerprint density at radius 1 is 1.17 bits per heavy atom. The first-order valence-corrected chi connectivity index (χ1v) is 6.33. The Bertz CT molecular complexity index is 540. The van der Waals surface area contributed by atoms with Crippen molar-refractivity contribution in [3.05, 3.63) is 48.0 Å². The van der Waals surface area contributed by atoms with Crippen molar-refractivity contribution in [2.45, 2.75) is 26.4 Å². The molecule has 0 amide bonds. The van der Waals surface area contributed by atoms with Crippen molar-refractivity contribution in [2.75, 3.05) is 6.61 Å². The van der Waals surface area contributed by atoms with Gasteiger partial charge in [-0.3, -0.25) is 4.79 Å². The summed E-state index contributed by atoms with van der Waals surface area (Å²) in [6, 6.07) is 14.1. The van der Waals surface area contributed by atoms with Crippen molar-refractivity contribution in [1.82, 2.24) is 0 Å². The van der Waals surface area contributed by atoms with Gasteiger partial charge in [0.25, 0.3) is 0 Å². The lowest BCUT2D eigenvalue weighted by atomic mass is 9.98. The van der Waals surface area contributed by atoms with E-state index in [2.05, 4.69) is 12.1 Å². The first kappa shape index (κ1) is 12.8. The first-order chi connectivity index (χ1) is 8.74. The Morgan fingerprint density at radius 2 is 1.89 bits per heavy atom. The molecule has 0 saturated heterocycles. The molecule has 0 N–H and O–H groups in total. The molecule has 2 aromatic carbocycles. The van der Waals surface area contributed by atoms with E-state index in [9.17, 15) is 4.79 Å². The second-order valence-electron chi connectivity index (χ2n) is 4.43. The van der Waals surface area contributed by atoms with E-state index in [-0.39, 0.29) is 5.78 Å². The minimum atomic E-state index is -0.448. The highest BCUT2D eigenvalue weighted by Crippen LogP contribution is 2.27. The zero-order valence-electron chi connectivity index (χ0n) is 10.8. The molecule has 0 spiro atoms. The quantitative estimate of drug-likeness (QED) is 0.795. The molecule has 2 nitrogen and oxygen atoms in total. The number of ketones is 1. The number of carbonyl (C=O) groups excluding carboxylic acids is 1. The minimum Gasteiger partial charge on any atom is -0.366 e. The van der Waals surface area contributed by atoms with Gasteiger partial charge < -0.3 is 4.74 Å². The summed E-state index contributed by atoms with van der Waals surface area (Å²) in [4.78, 5) is 11.8. The van der Waals surface area contributed by atoms with Crippen LogP contribution in [0.1, 0.15) is 31.9 Å². The maximum absolute atomic E-state index is 11.8. The van der Waals surface area contributed by atoms with Gasteiger partial charge in [0.2, 0.25) is 0 Å². The van der Waals surface area contributed by atoms with E-state index in [1.54, 1.807) is 6.92 Å². The molecule has 0 heterocycles. The van der Waals surface area contributed by atoms with E-state index in [4.69, 9.17) is 4.74 Å². The molecular weight excluding hydrogens is 224 g/mol. The normalized spacial score (nSPS) is 12.6. The number of hydrogen-bond donors (Lipinski definition) is 0. The predicted octanol–water partition coefficient (Wildman–Crippen LogP) is 3.90. The van der Waals surface area contributed by atoms with Gasteiger partial charge in [-0.05, 0) is 29.7 Å². The van der Waals surface area contributed by atoms with Crippen molar-refractivity contribution >= 4 is 16.6 Å². The van der Waals surface area contributed by atoms with Crippen molar-refractivity contribution < 1.29 is 9.53 Å². The van der Waals surface area contributed by atoms with Crippen LogP contribution in [0.5, 0.6) is 0 Å². The summed E-state index contributed by atoms with van der Waals surface area (Å²) in [5.41, 5.74) is 0.967. The molecule has 94 valence electrons. The largest absolute Gasteiger partial charge is 0.366 e. The molecule has 0 radical (unpaired) electrons. The van der Waals surface area contributed by atoms with Gasteiger partial charge in [-0.15, -0.1) is 0 Å². The molecule has 0 aliphatic rings. The lowest BCUT2D eigenvalue weighted by Crippen LogP contribution is -2.14. The van der Waals surface area contributed by atoms with Gasteiger partial charge in [-0.25, -0.2) is 0 Å². The fourth-order valence-corrected chi connectivity index (χ4v) is 2.14. The number of hydrogen-bond acceptors (Lipinski definition) is 2. The SMILES string of the molecule is CCCOC(C(C)=O)c1cccc2ccccc12. The van der Waals surface area contributed by atoms with Gasteiger partial charge in [0.05, 0.1) is 0 Å². The standard InChI is InChI=1S/C16H18O2/c1-3-11-18-16(12(2)17)15-10-6-8-13-7-4-5-9-14(13)15/h4-10,16H,3,11H2,1-2H3. The summed E-state index contributed by atoms with van der Waals surface area (Å²) >= 11 is 0. The van der Waals surface area contributed by atoms with Crippen LogP contribution < -0.4 is 0 Å². The smallest absolute Gasteiger partial charge is 0.163 e. The molecule has 1 unspecified atom stereocenters. The molecule has 0 saturated carbocycles. The zero-order chi connectivity index (χ0) is 13.0. The maximum atomic E-state index is 11.8. The van der Waals surface area contributed by atoms with E-state index in [0.29, 0.717) is 6.61 Å². The molecule has 2 aromatic rings. The number of rotatable bonds is 5. The van der Waals surface area contributed by atoms with Crippen molar-refractivity contribution in [1.29, 1.82) is 0 Å². The van der Waals surface area contributed by atoms with E-state index < -0.39 is 6.10 Å². The third kappa shape index (κ3) is 2.59. The average Bonchev–Trinajstić information content (AvgIpc) is 2.39. The van der Waals surface area contributed by atoms with Crippen LogP contribution in [-0.2, 0) is 9.53 Å². The monoisotopic (exact) mass is 242 g/mol. The second kappa shape index (κ2) is 5.78. The molecular formula is C16H18O2. The van der Waals surface area contributed by atoms with E-state index in [0.717, 1.165) is 22.8 Å². The van der Waals surface area contributed by atoms with Crippen LogP contribution in [0.4, 0.5) is 0 Å². The highest BCUT2D eigenvalue weighted by molar-refractivity contribution is 5.92. The van der Waals surface area contributed by atoms with Crippen LogP contribution in [0.25, 0.3) is 10.8 Å². The molecule has 0 aromatic heterocycles. The predicted molar refractivity (Wildman–Crippen MR) is 73.6 cm³/mol. The van der Waals surface area contributed by atoms with Crippen LogP contribution in [0.2, 0.25) is 0 Å². The number of benzene rings is 2. The molecule has 18 heavy (non-hydrogen) atoms. The number of carbonyl (C=O) groups is 1. The zero-order valence-corrected chi connectivity index (χ0v) is 10.8. The maximum Gasteiger partial charge on any atom is 0.163 e. The summed E-state index contributed by atoms with van der Waals surface area (Å²) in [5, 5.41) is 2.23. The van der Waals surface area contributed by atoms with Crippen LogP contribution in [0.3, 0.4) is 0 Å². The number of ether oxygens (including phenoxy) is 1. The summed E-state index contributed by atoms with van der Waals surface area (Å²) in [7, 11) is 0. The fourth-order valence-electron chi connectivity index (χ4n) is 2.14. The number of fused-ring (bicyclic) bond motifs is 1. The van der Waals surface area contributed by atoms with Gasteiger partial charge in [0, 0.05) is 6.61 Å². The highest BCUT2D eigenvalue weighted by Gasteiger charge is 2.19. The summed E-state index contributed by atoms with van der Waals surface area (Å²) in [6.07, 6.45) is 0.463. The van der Waals surface area contributed by atoms with Crippen LogP contribution in [-0.4, -0.2) is 12.4 Å². The molecule has 0 bridgehead atoms. The third-order valence-corrected chi connectivity index (χ3v) is 2.96. The fraction of sp³-hybridized carbons (Fsp3) is 0.312. The Kier molecular flexibility index (Phi) is 4.11. The van der Waals surface area contributed by atoms with Gasteiger partial charge in [0.15, 0.2) is 5.78 Å².